The number of aromatic nitrogens is 2. The molecule has 0 bridgehead atoms. The summed E-state index contributed by atoms with van der Waals surface area (Å²) in [5.41, 5.74) is 0. The highest BCUT2D eigenvalue weighted by atomic mass is 79.9. The molecule has 96 valence electrons. The maximum absolute atomic E-state index is 8.91. The first-order chi connectivity index (χ1) is 8.76. The lowest BCUT2D eigenvalue weighted by molar-refractivity contribution is 0.416. The fraction of sp³-hybridized carbons (Fsp3) is 0.615. The third kappa shape index (κ3) is 2.81. The van der Waals surface area contributed by atoms with Crippen molar-refractivity contribution in [1.82, 2.24) is 9.97 Å². The van der Waals surface area contributed by atoms with Crippen LogP contribution in [0.5, 0.6) is 0 Å². The van der Waals surface area contributed by atoms with Crippen molar-refractivity contribution in [1.29, 1.82) is 5.26 Å². The van der Waals surface area contributed by atoms with Crippen LogP contribution in [-0.4, -0.2) is 22.6 Å². The van der Waals surface area contributed by atoms with Gasteiger partial charge >= 0.3 is 0 Å². The highest BCUT2D eigenvalue weighted by molar-refractivity contribution is 9.10. The van der Waals surface area contributed by atoms with Crippen molar-refractivity contribution in [2.45, 2.75) is 45.1 Å². The van der Waals surface area contributed by atoms with Crippen LogP contribution in [0.15, 0.2) is 10.7 Å². The Morgan fingerprint density at radius 3 is 2.78 bits per heavy atom. The number of hydrogen-bond acceptors (Lipinski definition) is 4. The highest BCUT2D eigenvalue weighted by Crippen LogP contribution is 2.30. The first kappa shape index (κ1) is 13.3. The third-order valence-electron chi connectivity index (χ3n) is 3.45. The summed E-state index contributed by atoms with van der Waals surface area (Å²) in [6.07, 6.45) is 8.01. The molecule has 1 aliphatic carbocycles. The van der Waals surface area contributed by atoms with Gasteiger partial charge in [0.1, 0.15) is 11.9 Å². The Labute approximate surface area is 116 Å². The van der Waals surface area contributed by atoms with Gasteiger partial charge in [0.15, 0.2) is 0 Å². The van der Waals surface area contributed by atoms with Crippen LogP contribution < -0.4 is 4.90 Å². The van der Waals surface area contributed by atoms with Crippen LogP contribution in [-0.2, 0) is 0 Å². The molecule has 0 aliphatic heterocycles. The van der Waals surface area contributed by atoms with E-state index in [4.69, 9.17) is 5.26 Å². The van der Waals surface area contributed by atoms with Gasteiger partial charge in [-0.2, -0.15) is 5.26 Å². The van der Waals surface area contributed by atoms with Gasteiger partial charge in [-0.05, 0) is 35.7 Å². The molecule has 5 heteroatoms. The molecule has 0 saturated heterocycles. The normalized spacial score (nSPS) is 16.3. The summed E-state index contributed by atoms with van der Waals surface area (Å²) in [4.78, 5) is 10.6. The van der Waals surface area contributed by atoms with Crippen LogP contribution in [0, 0.1) is 11.3 Å². The fourth-order valence-electron chi connectivity index (χ4n) is 2.59. The van der Waals surface area contributed by atoms with E-state index in [9.17, 15) is 0 Å². The molecule has 1 fully saturated rings. The van der Waals surface area contributed by atoms with Crippen molar-refractivity contribution in [3.05, 3.63) is 16.5 Å². The standard InChI is InChI=1S/C13H17BrN4/c1-2-18(10-6-4-3-5-7-10)13-11(14)9-16-12(8-15)17-13/h9-10H,2-7H2,1H3. The van der Waals surface area contributed by atoms with Crippen LogP contribution in [0.2, 0.25) is 0 Å². The highest BCUT2D eigenvalue weighted by Gasteiger charge is 2.23. The van der Waals surface area contributed by atoms with Gasteiger partial charge in [0.2, 0.25) is 5.82 Å². The Morgan fingerprint density at radius 2 is 2.17 bits per heavy atom. The number of hydrogen-bond donors (Lipinski definition) is 0. The lowest BCUT2D eigenvalue weighted by Gasteiger charge is -2.34. The van der Waals surface area contributed by atoms with Crippen molar-refractivity contribution in [2.75, 3.05) is 11.4 Å². The molecule has 0 aromatic carbocycles. The van der Waals surface area contributed by atoms with E-state index in [1.807, 2.05) is 6.07 Å². The minimum atomic E-state index is 0.238. The molecule has 18 heavy (non-hydrogen) atoms. The first-order valence-corrected chi connectivity index (χ1v) is 7.24. The van der Waals surface area contributed by atoms with Gasteiger partial charge in [-0.15, -0.1) is 0 Å². The van der Waals surface area contributed by atoms with E-state index in [-0.39, 0.29) is 5.82 Å². The SMILES string of the molecule is CCN(c1nc(C#N)ncc1Br)C1CCCCC1. The molecule has 0 unspecified atom stereocenters. The molecular weight excluding hydrogens is 292 g/mol. The van der Waals surface area contributed by atoms with Gasteiger partial charge in [-0.25, -0.2) is 9.97 Å². The van der Waals surface area contributed by atoms with Gasteiger partial charge in [0, 0.05) is 18.8 Å². The summed E-state index contributed by atoms with van der Waals surface area (Å²) in [7, 11) is 0. The molecule has 0 atom stereocenters. The summed E-state index contributed by atoms with van der Waals surface area (Å²) in [5, 5.41) is 8.91. The van der Waals surface area contributed by atoms with Gasteiger partial charge in [-0.1, -0.05) is 19.3 Å². The number of anilines is 1. The van der Waals surface area contributed by atoms with E-state index in [0.29, 0.717) is 6.04 Å². The van der Waals surface area contributed by atoms with Crippen molar-refractivity contribution in [3.8, 4) is 6.07 Å². The zero-order valence-corrected chi connectivity index (χ0v) is 12.2. The second-order valence-electron chi connectivity index (χ2n) is 4.55. The van der Waals surface area contributed by atoms with E-state index in [1.165, 1.54) is 32.1 Å². The van der Waals surface area contributed by atoms with Gasteiger partial charge in [0.25, 0.3) is 0 Å². The van der Waals surface area contributed by atoms with Crippen molar-refractivity contribution >= 4 is 21.7 Å². The zero-order valence-electron chi connectivity index (χ0n) is 10.6. The van der Waals surface area contributed by atoms with E-state index < -0.39 is 0 Å². The lowest BCUT2D eigenvalue weighted by Crippen LogP contribution is -2.37. The lowest BCUT2D eigenvalue weighted by atomic mass is 9.94. The first-order valence-electron chi connectivity index (χ1n) is 6.45. The summed E-state index contributed by atoms with van der Waals surface area (Å²) in [5.74, 6) is 1.10. The van der Waals surface area contributed by atoms with Gasteiger partial charge in [-0.3, -0.25) is 0 Å². The predicted molar refractivity (Wildman–Crippen MR) is 74.3 cm³/mol. The molecule has 1 aliphatic rings. The number of nitriles is 1. The molecule has 4 nitrogen and oxygen atoms in total. The topological polar surface area (TPSA) is 52.8 Å². The summed E-state index contributed by atoms with van der Waals surface area (Å²) in [6, 6.07) is 2.55. The molecule has 1 aromatic heterocycles. The van der Waals surface area contributed by atoms with Crippen LogP contribution in [0.1, 0.15) is 44.9 Å². The molecule has 0 spiro atoms. The van der Waals surface area contributed by atoms with Crippen LogP contribution in [0.25, 0.3) is 0 Å². The maximum Gasteiger partial charge on any atom is 0.234 e. The Bertz CT molecular complexity index is 449. The average molecular weight is 309 g/mol. The summed E-state index contributed by atoms with van der Waals surface area (Å²) in [6.45, 7) is 3.04. The molecule has 0 N–H and O–H groups in total. The molecular formula is C13H17BrN4. The largest absolute Gasteiger partial charge is 0.353 e. The molecule has 1 aromatic rings. The predicted octanol–water partition coefficient (Wildman–Crippen LogP) is 3.27. The third-order valence-corrected chi connectivity index (χ3v) is 4.01. The summed E-state index contributed by atoms with van der Waals surface area (Å²) < 4.78 is 0.869. The van der Waals surface area contributed by atoms with Crippen molar-refractivity contribution in [3.63, 3.8) is 0 Å². The Hall–Kier alpha value is -1.15. The van der Waals surface area contributed by atoms with Crippen molar-refractivity contribution < 1.29 is 0 Å². The van der Waals surface area contributed by atoms with Crippen LogP contribution >= 0.6 is 15.9 Å². The van der Waals surface area contributed by atoms with Crippen LogP contribution in [0.4, 0.5) is 5.82 Å². The summed E-state index contributed by atoms with van der Waals surface area (Å²) >= 11 is 3.49. The molecule has 0 radical (unpaired) electrons. The number of halogens is 1. The Balaban J connectivity index is 2.28. The second-order valence-corrected chi connectivity index (χ2v) is 5.41. The Kier molecular flexibility index (Phi) is 4.54. The second kappa shape index (κ2) is 6.14. The van der Waals surface area contributed by atoms with E-state index in [1.54, 1.807) is 6.20 Å². The molecule has 1 saturated carbocycles. The monoisotopic (exact) mass is 308 g/mol. The van der Waals surface area contributed by atoms with E-state index >= 15 is 0 Å². The van der Waals surface area contributed by atoms with Crippen molar-refractivity contribution in [2.24, 2.45) is 0 Å². The van der Waals surface area contributed by atoms with Gasteiger partial charge in [0.05, 0.1) is 4.47 Å². The smallest absolute Gasteiger partial charge is 0.234 e. The molecule has 0 amide bonds. The maximum atomic E-state index is 8.91. The van der Waals surface area contributed by atoms with E-state index in [0.717, 1.165) is 16.8 Å². The number of rotatable bonds is 3. The fourth-order valence-corrected chi connectivity index (χ4v) is 3.01. The minimum absolute atomic E-state index is 0.238. The van der Waals surface area contributed by atoms with Crippen LogP contribution in [0.3, 0.4) is 0 Å². The zero-order chi connectivity index (χ0) is 13.0. The van der Waals surface area contributed by atoms with E-state index in [2.05, 4.69) is 37.7 Å². The number of nitrogens with zero attached hydrogens (tertiary/aromatic N) is 4. The molecule has 2 rings (SSSR count). The minimum Gasteiger partial charge on any atom is -0.353 e. The Morgan fingerprint density at radius 1 is 1.44 bits per heavy atom. The quantitative estimate of drug-likeness (QED) is 0.860. The molecule has 1 heterocycles. The van der Waals surface area contributed by atoms with Gasteiger partial charge < -0.3 is 4.90 Å². The average Bonchev–Trinajstić information content (AvgIpc) is 2.43.